The summed E-state index contributed by atoms with van der Waals surface area (Å²) in [5.74, 6) is -0.624. The van der Waals surface area contributed by atoms with Crippen LogP contribution in [0.1, 0.15) is 32.6 Å². The van der Waals surface area contributed by atoms with Crippen LogP contribution in [-0.2, 0) is 14.3 Å². The van der Waals surface area contributed by atoms with Crippen LogP contribution in [-0.4, -0.2) is 18.9 Å². The fourth-order valence-electron chi connectivity index (χ4n) is 1.63. The number of hydrogen-bond donors (Lipinski definition) is 0. The van der Waals surface area contributed by atoms with Crippen LogP contribution in [0.4, 0.5) is 0 Å². The van der Waals surface area contributed by atoms with Crippen LogP contribution in [0.25, 0.3) is 0 Å². The minimum absolute atomic E-state index is 0.0550. The largest absolute Gasteiger partial charge is 0.465 e. The predicted octanol–water partition coefficient (Wildman–Crippen LogP) is 1.86. The van der Waals surface area contributed by atoms with Crippen LogP contribution in [0, 0.1) is 5.92 Å². The zero-order valence-corrected chi connectivity index (χ0v) is 8.71. The van der Waals surface area contributed by atoms with Gasteiger partial charge in [-0.3, -0.25) is 4.79 Å². The molecule has 1 atom stereocenters. The minimum Gasteiger partial charge on any atom is -0.465 e. The first kappa shape index (κ1) is 11.0. The molecule has 0 radical (unpaired) electrons. The van der Waals surface area contributed by atoms with E-state index in [1.165, 1.54) is 7.11 Å². The molecular weight excluding hydrogens is 180 g/mol. The Morgan fingerprint density at radius 3 is 2.86 bits per heavy atom. The van der Waals surface area contributed by atoms with Gasteiger partial charge in [-0.15, -0.1) is 0 Å². The molecule has 0 aromatic heterocycles. The first-order valence-electron chi connectivity index (χ1n) is 4.99. The summed E-state index contributed by atoms with van der Waals surface area (Å²) in [6.07, 6.45) is 5.47. The van der Waals surface area contributed by atoms with Crippen molar-refractivity contribution in [2.45, 2.75) is 32.6 Å². The Bertz CT molecular complexity index is 266. The van der Waals surface area contributed by atoms with Crippen LogP contribution in [0.2, 0.25) is 0 Å². The van der Waals surface area contributed by atoms with Crippen LogP contribution in [0.15, 0.2) is 11.6 Å². The Balaban J connectivity index is 2.86. The summed E-state index contributed by atoms with van der Waals surface area (Å²) in [6, 6.07) is 0. The lowest BCUT2D eigenvalue weighted by Crippen LogP contribution is -2.21. The van der Waals surface area contributed by atoms with Gasteiger partial charge in [0.15, 0.2) is 5.78 Å². The van der Waals surface area contributed by atoms with Gasteiger partial charge in [0.05, 0.1) is 12.7 Å². The summed E-state index contributed by atoms with van der Waals surface area (Å²) in [7, 11) is 1.31. The summed E-state index contributed by atoms with van der Waals surface area (Å²) in [5, 5.41) is 0. The Morgan fingerprint density at radius 1 is 1.50 bits per heavy atom. The van der Waals surface area contributed by atoms with E-state index in [0.717, 1.165) is 25.7 Å². The summed E-state index contributed by atoms with van der Waals surface area (Å²) >= 11 is 0. The van der Waals surface area contributed by atoms with Crippen molar-refractivity contribution in [1.29, 1.82) is 0 Å². The maximum absolute atomic E-state index is 11.7. The van der Waals surface area contributed by atoms with Gasteiger partial charge in [-0.25, -0.2) is 4.79 Å². The van der Waals surface area contributed by atoms with Crippen LogP contribution in [0.5, 0.6) is 0 Å². The molecule has 1 unspecified atom stereocenters. The second-order valence-corrected chi connectivity index (χ2v) is 3.66. The molecule has 78 valence electrons. The second-order valence-electron chi connectivity index (χ2n) is 3.66. The highest BCUT2D eigenvalue weighted by molar-refractivity contribution is 6.17. The molecule has 0 fully saturated rings. The topological polar surface area (TPSA) is 43.4 Å². The third kappa shape index (κ3) is 2.44. The van der Waals surface area contributed by atoms with E-state index in [1.807, 2.05) is 6.92 Å². The van der Waals surface area contributed by atoms with E-state index in [2.05, 4.69) is 4.74 Å². The third-order valence-corrected chi connectivity index (χ3v) is 2.56. The lowest BCUT2D eigenvalue weighted by Gasteiger charge is -2.14. The number of Topliss-reactive ketones (excluding diaryl/α,β-unsaturated/α-hetero) is 1. The highest BCUT2D eigenvalue weighted by Crippen LogP contribution is 2.19. The summed E-state index contributed by atoms with van der Waals surface area (Å²) in [4.78, 5) is 23.0. The number of allylic oxidation sites excluding steroid dienone is 1. The number of esters is 1. The average Bonchev–Trinajstić information content (AvgIpc) is 2.19. The summed E-state index contributed by atoms with van der Waals surface area (Å²) in [5.41, 5.74) is 0.236. The standard InChI is InChI=1S/C11H16O3/c1-8-6-4-3-5-7-9(10(8)12)11(13)14-2/h7-8H,3-6H2,1-2H3/b9-7+. The molecule has 0 heterocycles. The van der Waals surface area contributed by atoms with E-state index in [9.17, 15) is 9.59 Å². The molecule has 0 N–H and O–H groups in total. The second kappa shape index (κ2) is 4.94. The SMILES string of the molecule is COC(=O)/C1=C/CCCCC(C)C1=O. The van der Waals surface area contributed by atoms with Crippen molar-refractivity contribution in [3.8, 4) is 0 Å². The molecule has 0 saturated carbocycles. The summed E-state index contributed by atoms with van der Waals surface area (Å²) < 4.78 is 4.58. The van der Waals surface area contributed by atoms with Gasteiger partial charge in [-0.2, -0.15) is 0 Å². The van der Waals surface area contributed by atoms with E-state index >= 15 is 0 Å². The van der Waals surface area contributed by atoms with Gasteiger partial charge >= 0.3 is 5.97 Å². The van der Waals surface area contributed by atoms with Crippen molar-refractivity contribution < 1.29 is 14.3 Å². The van der Waals surface area contributed by atoms with Crippen molar-refractivity contribution in [2.75, 3.05) is 7.11 Å². The van der Waals surface area contributed by atoms with E-state index in [4.69, 9.17) is 0 Å². The maximum atomic E-state index is 11.7. The predicted molar refractivity (Wildman–Crippen MR) is 52.7 cm³/mol. The quantitative estimate of drug-likeness (QED) is 0.475. The lowest BCUT2D eigenvalue weighted by atomic mass is 9.90. The summed E-state index contributed by atoms with van der Waals surface area (Å²) in [6.45, 7) is 1.87. The molecule has 0 aliphatic heterocycles. The van der Waals surface area contributed by atoms with Gasteiger partial charge in [-0.05, 0) is 19.3 Å². The molecule has 0 spiro atoms. The van der Waals surface area contributed by atoms with Crippen LogP contribution in [0.3, 0.4) is 0 Å². The van der Waals surface area contributed by atoms with E-state index in [0.29, 0.717) is 0 Å². The lowest BCUT2D eigenvalue weighted by molar-refractivity contribution is -0.138. The molecule has 3 heteroatoms. The number of methoxy groups -OCH3 is 1. The molecule has 1 rings (SSSR count). The highest BCUT2D eigenvalue weighted by atomic mass is 16.5. The smallest absolute Gasteiger partial charge is 0.341 e. The number of rotatable bonds is 1. The Labute approximate surface area is 84.1 Å². The Kier molecular flexibility index (Phi) is 3.86. The van der Waals surface area contributed by atoms with Gasteiger partial charge < -0.3 is 4.74 Å². The molecular formula is C11H16O3. The molecule has 14 heavy (non-hydrogen) atoms. The normalized spacial score (nSPS) is 27.1. The average molecular weight is 196 g/mol. The third-order valence-electron chi connectivity index (χ3n) is 2.56. The molecule has 0 amide bonds. The van der Waals surface area contributed by atoms with Gasteiger partial charge in [0.1, 0.15) is 0 Å². The van der Waals surface area contributed by atoms with Crippen molar-refractivity contribution in [2.24, 2.45) is 5.92 Å². The Hall–Kier alpha value is -1.12. The Morgan fingerprint density at radius 2 is 2.21 bits per heavy atom. The monoisotopic (exact) mass is 196 g/mol. The van der Waals surface area contributed by atoms with Crippen molar-refractivity contribution in [1.82, 2.24) is 0 Å². The van der Waals surface area contributed by atoms with Crippen molar-refractivity contribution in [3.05, 3.63) is 11.6 Å². The number of ether oxygens (including phenoxy) is 1. The first-order chi connectivity index (χ1) is 6.66. The van der Waals surface area contributed by atoms with Gasteiger partial charge in [0.25, 0.3) is 0 Å². The van der Waals surface area contributed by atoms with Crippen LogP contribution < -0.4 is 0 Å². The number of ketones is 1. The molecule has 0 aromatic rings. The van der Waals surface area contributed by atoms with E-state index < -0.39 is 5.97 Å². The van der Waals surface area contributed by atoms with Gasteiger partial charge in [0, 0.05) is 5.92 Å². The maximum Gasteiger partial charge on any atom is 0.341 e. The van der Waals surface area contributed by atoms with E-state index in [-0.39, 0.29) is 17.3 Å². The number of carbonyl (C=O) groups is 2. The highest BCUT2D eigenvalue weighted by Gasteiger charge is 2.24. The van der Waals surface area contributed by atoms with Crippen molar-refractivity contribution >= 4 is 11.8 Å². The zero-order valence-electron chi connectivity index (χ0n) is 8.71. The van der Waals surface area contributed by atoms with Gasteiger partial charge in [0.2, 0.25) is 0 Å². The molecule has 0 saturated heterocycles. The fraction of sp³-hybridized carbons (Fsp3) is 0.636. The molecule has 1 aliphatic rings. The molecule has 0 bridgehead atoms. The zero-order chi connectivity index (χ0) is 10.6. The molecule has 0 aromatic carbocycles. The van der Waals surface area contributed by atoms with Crippen molar-refractivity contribution in [3.63, 3.8) is 0 Å². The first-order valence-corrected chi connectivity index (χ1v) is 4.99. The van der Waals surface area contributed by atoms with Gasteiger partial charge in [-0.1, -0.05) is 19.4 Å². The molecule has 3 nitrogen and oxygen atoms in total. The number of carbonyl (C=O) groups excluding carboxylic acids is 2. The molecule has 1 aliphatic carbocycles. The fourth-order valence-corrected chi connectivity index (χ4v) is 1.63. The van der Waals surface area contributed by atoms with Crippen LogP contribution >= 0.6 is 0 Å². The minimum atomic E-state index is -0.497. The number of hydrogen-bond acceptors (Lipinski definition) is 3. The van der Waals surface area contributed by atoms with E-state index in [1.54, 1.807) is 6.08 Å².